The second kappa shape index (κ2) is 6.75. The molecule has 2 aromatic carbocycles. The van der Waals surface area contributed by atoms with Gasteiger partial charge < -0.3 is 20.4 Å². The maximum atomic E-state index is 10.0. The normalized spacial score (nSPS) is 11.3. The molecule has 0 bridgehead atoms. The molecule has 23 heavy (non-hydrogen) atoms. The summed E-state index contributed by atoms with van der Waals surface area (Å²) in [5, 5.41) is 39.0. The zero-order valence-corrected chi connectivity index (χ0v) is 12.7. The van der Waals surface area contributed by atoms with Crippen LogP contribution in [-0.4, -0.2) is 20.4 Å². The van der Waals surface area contributed by atoms with E-state index >= 15 is 0 Å². The third kappa shape index (κ3) is 4.17. The first-order valence-electron chi connectivity index (χ1n) is 6.96. The van der Waals surface area contributed by atoms with Crippen LogP contribution in [0.2, 0.25) is 0 Å². The molecule has 4 heteroatoms. The highest BCUT2D eigenvalue weighted by Crippen LogP contribution is 2.32. The molecule has 0 heterocycles. The number of phenols is 4. The van der Waals surface area contributed by atoms with Crippen molar-refractivity contribution in [1.82, 2.24) is 0 Å². The average molecular weight is 310 g/mol. The molecule has 0 aliphatic carbocycles. The van der Waals surface area contributed by atoms with E-state index in [-0.39, 0.29) is 23.0 Å². The van der Waals surface area contributed by atoms with Crippen LogP contribution in [0.25, 0.3) is 18.2 Å². The van der Waals surface area contributed by atoms with Crippen molar-refractivity contribution in [3.63, 3.8) is 0 Å². The van der Waals surface area contributed by atoms with Crippen LogP contribution in [0.3, 0.4) is 0 Å². The first-order valence-corrected chi connectivity index (χ1v) is 6.96. The molecule has 0 fully saturated rings. The molecule has 0 saturated carbocycles. The Morgan fingerprint density at radius 1 is 0.870 bits per heavy atom. The Balaban J connectivity index is 2.31. The summed E-state index contributed by atoms with van der Waals surface area (Å²) in [6, 6.07) is 7.27. The molecule has 0 aromatic heterocycles. The van der Waals surface area contributed by atoms with Crippen LogP contribution in [0.15, 0.2) is 48.6 Å². The maximum Gasteiger partial charge on any atom is 0.127 e. The molecule has 2 aromatic rings. The van der Waals surface area contributed by atoms with Crippen molar-refractivity contribution in [3.8, 4) is 23.0 Å². The van der Waals surface area contributed by atoms with Crippen molar-refractivity contribution in [2.45, 2.75) is 6.92 Å². The fourth-order valence-corrected chi connectivity index (χ4v) is 2.00. The van der Waals surface area contributed by atoms with Gasteiger partial charge in [-0.05, 0) is 42.8 Å². The van der Waals surface area contributed by atoms with Gasteiger partial charge in [0, 0.05) is 11.6 Å². The van der Waals surface area contributed by atoms with Gasteiger partial charge in [0.15, 0.2) is 0 Å². The lowest BCUT2D eigenvalue weighted by atomic mass is 10.1. The average Bonchev–Trinajstić information content (AvgIpc) is 2.45. The smallest absolute Gasteiger partial charge is 0.127 e. The van der Waals surface area contributed by atoms with Crippen LogP contribution in [0.4, 0.5) is 0 Å². The molecular formula is C19H18O4. The van der Waals surface area contributed by atoms with Gasteiger partial charge in [-0.1, -0.05) is 30.4 Å². The Morgan fingerprint density at radius 2 is 1.52 bits per heavy atom. The van der Waals surface area contributed by atoms with E-state index in [1.807, 2.05) is 6.92 Å². The highest BCUT2D eigenvalue weighted by Gasteiger charge is 2.06. The molecule has 0 saturated heterocycles. The quantitative estimate of drug-likeness (QED) is 0.502. The minimum atomic E-state index is -0.0595. The molecule has 0 unspecified atom stereocenters. The van der Waals surface area contributed by atoms with Gasteiger partial charge in [-0.25, -0.2) is 0 Å². The molecule has 0 spiro atoms. The molecule has 4 nitrogen and oxygen atoms in total. The molecule has 0 amide bonds. The zero-order chi connectivity index (χ0) is 17.0. The van der Waals surface area contributed by atoms with Gasteiger partial charge in [0.05, 0.1) is 5.56 Å². The van der Waals surface area contributed by atoms with Gasteiger partial charge in [0.1, 0.15) is 23.0 Å². The van der Waals surface area contributed by atoms with Crippen molar-refractivity contribution in [1.29, 1.82) is 0 Å². The predicted molar refractivity (Wildman–Crippen MR) is 92.3 cm³/mol. The van der Waals surface area contributed by atoms with E-state index in [2.05, 4.69) is 6.58 Å². The molecule has 0 aliphatic heterocycles. The van der Waals surface area contributed by atoms with E-state index < -0.39 is 0 Å². The van der Waals surface area contributed by atoms with Crippen LogP contribution in [0.5, 0.6) is 23.0 Å². The number of hydrogen-bond acceptors (Lipinski definition) is 4. The molecular weight excluding hydrogens is 292 g/mol. The van der Waals surface area contributed by atoms with Gasteiger partial charge >= 0.3 is 0 Å². The molecule has 118 valence electrons. The first-order chi connectivity index (χ1) is 10.9. The number of phenolic OH excluding ortho intramolecular Hbond substituents is 4. The molecule has 4 N–H and O–H groups in total. The Morgan fingerprint density at radius 3 is 2.09 bits per heavy atom. The van der Waals surface area contributed by atoms with Crippen molar-refractivity contribution in [2.75, 3.05) is 0 Å². The van der Waals surface area contributed by atoms with E-state index in [1.165, 1.54) is 24.3 Å². The Labute approximate surface area is 134 Å². The van der Waals surface area contributed by atoms with Gasteiger partial charge in [0.2, 0.25) is 0 Å². The number of rotatable bonds is 4. The predicted octanol–water partition coefficient (Wildman–Crippen LogP) is 4.27. The lowest BCUT2D eigenvalue weighted by Gasteiger charge is -2.05. The van der Waals surface area contributed by atoms with Crippen LogP contribution >= 0.6 is 0 Å². The van der Waals surface area contributed by atoms with Crippen molar-refractivity contribution in [3.05, 3.63) is 65.3 Å². The number of aromatic hydroxyl groups is 4. The second-order valence-electron chi connectivity index (χ2n) is 5.23. The zero-order valence-electron chi connectivity index (χ0n) is 12.7. The topological polar surface area (TPSA) is 80.9 Å². The standard InChI is InChI=1S/C19H18O4/c1-12(2)3-8-16-18(22)9-13(10-19(16)23)4-5-14-6-7-15(20)11-17(14)21/h3-11,20-23H,1H2,2H3/b5-4+,8-3+. The fraction of sp³-hybridized carbons (Fsp3) is 0.0526. The van der Waals surface area contributed by atoms with Crippen molar-refractivity contribution >= 4 is 18.2 Å². The van der Waals surface area contributed by atoms with Gasteiger partial charge in [-0.2, -0.15) is 0 Å². The van der Waals surface area contributed by atoms with Gasteiger partial charge in [0.25, 0.3) is 0 Å². The summed E-state index contributed by atoms with van der Waals surface area (Å²) in [7, 11) is 0. The molecule has 0 aliphatic rings. The lowest BCUT2D eigenvalue weighted by molar-refractivity contribution is 0.448. The molecule has 0 atom stereocenters. The van der Waals surface area contributed by atoms with Crippen molar-refractivity contribution in [2.24, 2.45) is 0 Å². The highest BCUT2D eigenvalue weighted by molar-refractivity contribution is 5.76. The minimum absolute atomic E-state index is 0.0245. The number of allylic oxidation sites excluding steroid dienone is 2. The summed E-state index contributed by atoms with van der Waals surface area (Å²) in [5.74, 6) is -0.201. The lowest BCUT2D eigenvalue weighted by Crippen LogP contribution is -1.81. The van der Waals surface area contributed by atoms with E-state index in [4.69, 9.17) is 0 Å². The van der Waals surface area contributed by atoms with Crippen LogP contribution in [0, 0.1) is 0 Å². The van der Waals surface area contributed by atoms with Gasteiger partial charge in [-0.15, -0.1) is 0 Å². The van der Waals surface area contributed by atoms with Crippen LogP contribution < -0.4 is 0 Å². The largest absolute Gasteiger partial charge is 0.508 e. The number of benzene rings is 2. The second-order valence-corrected chi connectivity index (χ2v) is 5.23. The Bertz CT molecular complexity index is 778. The Kier molecular flexibility index (Phi) is 4.76. The van der Waals surface area contributed by atoms with E-state index in [0.29, 0.717) is 16.7 Å². The van der Waals surface area contributed by atoms with E-state index in [9.17, 15) is 20.4 Å². The van der Waals surface area contributed by atoms with Crippen molar-refractivity contribution < 1.29 is 20.4 Å². The Hall–Kier alpha value is -3.14. The summed E-state index contributed by atoms with van der Waals surface area (Å²) >= 11 is 0. The molecule has 0 radical (unpaired) electrons. The third-order valence-electron chi connectivity index (χ3n) is 3.16. The highest BCUT2D eigenvalue weighted by atomic mass is 16.3. The van der Waals surface area contributed by atoms with Crippen LogP contribution in [-0.2, 0) is 0 Å². The van der Waals surface area contributed by atoms with Gasteiger partial charge in [-0.3, -0.25) is 0 Å². The summed E-state index contributed by atoms with van der Waals surface area (Å²) in [5.41, 5.74) is 2.20. The molecule has 2 rings (SSSR count). The fourth-order valence-electron chi connectivity index (χ4n) is 2.00. The minimum Gasteiger partial charge on any atom is -0.508 e. The SMILES string of the molecule is C=C(C)/C=C/c1c(O)cc(/C=C/c2ccc(O)cc2O)cc1O. The monoisotopic (exact) mass is 310 g/mol. The van der Waals surface area contributed by atoms with E-state index in [0.717, 1.165) is 5.57 Å². The summed E-state index contributed by atoms with van der Waals surface area (Å²) in [6.45, 7) is 5.53. The summed E-state index contributed by atoms with van der Waals surface area (Å²) in [6.07, 6.45) is 6.54. The third-order valence-corrected chi connectivity index (χ3v) is 3.16. The van der Waals surface area contributed by atoms with E-state index in [1.54, 1.807) is 30.4 Å². The number of hydrogen-bond donors (Lipinski definition) is 4. The summed E-state index contributed by atoms with van der Waals surface area (Å²) in [4.78, 5) is 0. The maximum absolute atomic E-state index is 10.0. The van der Waals surface area contributed by atoms with Crippen LogP contribution in [0.1, 0.15) is 23.6 Å². The first kappa shape index (κ1) is 16.2. The summed E-state index contributed by atoms with van der Waals surface area (Å²) < 4.78 is 0.